The van der Waals surface area contributed by atoms with E-state index in [4.69, 9.17) is 4.42 Å². The molecular weight excluding hydrogens is 575 g/mol. The lowest BCUT2D eigenvalue weighted by Gasteiger charge is -2.41. The molecule has 0 radical (unpaired) electrons. The number of alkyl halides is 1. The number of pyridine rings is 1. The van der Waals surface area contributed by atoms with Gasteiger partial charge in [0.15, 0.2) is 11.4 Å². The molecule has 5 heterocycles. The maximum Gasteiger partial charge on any atom is 0.272 e. The summed E-state index contributed by atoms with van der Waals surface area (Å²) in [4.78, 5) is 38.9. The van der Waals surface area contributed by atoms with Crippen LogP contribution in [0.2, 0.25) is 0 Å². The molecule has 8 rings (SSSR count). The Bertz CT molecular complexity index is 1890. The van der Waals surface area contributed by atoms with E-state index in [0.29, 0.717) is 39.8 Å². The van der Waals surface area contributed by atoms with Gasteiger partial charge in [0, 0.05) is 29.5 Å². The van der Waals surface area contributed by atoms with Gasteiger partial charge in [-0.05, 0) is 86.1 Å². The molecule has 1 aliphatic carbocycles. The van der Waals surface area contributed by atoms with Crippen molar-refractivity contribution in [2.24, 2.45) is 11.8 Å². The number of halogens is 1. The Morgan fingerprint density at radius 2 is 1.80 bits per heavy atom. The van der Waals surface area contributed by atoms with E-state index >= 15 is 0 Å². The van der Waals surface area contributed by atoms with Crippen molar-refractivity contribution in [3.05, 3.63) is 83.9 Å². The fourth-order valence-electron chi connectivity index (χ4n) is 7.08. The van der Waals surface area contributed by atoms with Crippen LogP contribution >= 0.6 is 0 Å². The van der Waals surface area contributed by atoms with Crippen LogP contribution in [0, 0.1) is 18.8 Å². The van der Waals surface area contributed by atoms with Crippen molar-refractivity contribution in [1.29, 1.82) is 0 Å². The van der Waals surface area contributed by atoms with E-state index in [9.17, 15) is 14.0 Å². The van der Waals surface area contributed by atoms with E-state index in [1.54, 1.807) is 41.3 Å². The lowest BCUT2D eigenvalue weighted by Crippen LogP contribution is -2.48. The van der Waals surface area contributed by atoms with Gasteiger partial charge in [-0.1, -0.05) is 30.3 Å². The van der Waals surface area contributed by atoms with Crippen LogP contribution < -0.4 is 5.32 Å². The zero-order valence-electron chi connectivity index (χ0n) is 24.6. The first-order chi connectivity index (χ1) is 21.9. The Morgan fingerprint density at radius 3 is 2.51 bits per heavy atom. The lowest BCUT2D eigenvalue weighted by molar-refractivity contribution is -0.117. The number of hydrogen-bond acceptors (Lipinski definition) is 8. The van der Waals surface area contributed by atoms with Gasteiger partial charge in [-0.2, -0.15) is 4.80 Å². The Balaban J connectivity index is 1.01. The van der Waals surface area contributed by atoms with Gasteiger partial charge in [0.1, 0.15) is 23.4 Å². The first-order valence-corrected chi connectivity index (χ1v) is 15.4. The summed E-state index contributed by atoms with van der Waals surface area (Å²) in [5, 5.41) is 15.8. The summed E-state index contributed by atoms with van der Waals surface area (Å²) >= 11 is 0. The number of benzene rings is 2. The highest BCUT2D eigenvalue weighted by Gasteiger charge is 2.47. The zero-order chi connectivity index (χ0) is 30.7. The molecule has 3 fully saturated rings. The number of nitrogens with zero attached hydrogens (tertiary/aromatic N) is 7. The van der Waals surface area contributed by atoms with Gasteiger partial charge < -0.3 is 14.6 Å². The second-order valence-corrected chi connectivity index (χ2v) is 12.3. The normalized spacial score (nSPS) is 24.5. The fourth-order valence-corrected chi connectivity index (χ4v) is 7.08. The Morgan fingerprint density at radius 1 is 1.02 bits per heavy atom. The van der Waals surface area contributed by atoms with Gasteiger partial charge in [-0.15, -0.1) is 10.2 Å². The molecule has 2 saturated heterocycles. The van der Waals surface area contributed by atoms with Gasteiger partial charge in [0.2, 0.25) is 11.8 Å². The Labute approximate surface area is 257 Å². The number of anilines is 1. The summed E-state index contributed by atoms with van der Waals surface area (Å²) in [5.74, 6) is 0.219. The predicted molar refractivity (Wildman–Crippen MR) is 162 cm³/mol. The number of nitrogens with one attached hydrogen (secondary N) is 1. The van der Waals surface area contributed by atoms with Crippen molar-refractivity contribution in [2.75, 3.05) is 5.32 Å². The van der Waals surface area contributed by atoms with E-state index in [1.807, 2.05) is 30.0 Å². The maximum absolute atomic E-state index is 14.0. The third-order valence-electron chi connectivity index (χ3n) is 9.30. The van der Waals surface area contributed by atoms with Crippen LogP contribution in [0.1, 0.15) is 60.0 Å². The van der Waals surface area contributed by atoms with Crippen LogP contribution in [0.4, 0.5) is 10.1 Å². The SMILES string of the molecule is Cc1nnn([C@@H](c2ccccc2)C2CC3CCC(C2)N3C(=O)c2cc(-c3nc4cc(NC(=O)C5C[C@@H]5F)ccc4o3)ccn2)n1. The van der Waals surface area contributed by atoms with Crippen molar-refractivity contribution in [1.82, 2.24) is 35.1 Å². The van der Waals surface area contributed by atoms with Gasteiger partial charge in [0.05, 0.1) is 5.92 Å². The molecule has 45 heavy (non-hydrogen) atoms. The number of carbonyl (C=O) groups is 2. The summed E-state index contributed by atoms with van der Waals surface area (Å²) in [6, 6.07) is 19.0. The van der Waals surface area contributed by atoms with Gasteiger partial charge in [0.25, 0.3) is 5.91 Å². The molecule has 11 nitrogen and oxygen atoms in total. The van der Waals surface area contributed by atoms with Crippen LogP contribution in [-0.2, 0) is 4.79 Å². The average Bonchev–Trinajstić information content (AvgIpc) is 3.31. The van der Waals surface area contributed by atoms with Crippen molar-refractivity contribution in [3.8, 4) is 11.5 Å². The summed E-state index contributed by atoms with van der Waals surface area (Å²) in [6.07, 6.45) is 4.34. The topological polar surface area (TPSA) is 132 Å². The molecular formula is C33H31FN8O3. The van der Waals surface area contributed by atoms with E-state index in [2.05, 4.69) is 42.8 Å². The zero-order valence-corrected chi connectivity index (χ0v) is 24.6. The first-order valence-electron chi connectivity index (χ1n) is 15.4. The number of rotatable bonds is 7. The molecule has 2 aliphatic heterocycles. The molecule has 3 unspecified atom stereocenters. The van der Waals surface area contributed by atoms with Gasteiger partial charge in [-0.25, -0.2) is 9.37 Å². The molecule has 2 bridgehead atoms. The molecule has 2 amide bonds. The third-order valence-corrected chi connectivity index (χ3v) is 9.30. The third kappa shape index (κ3) is 5.13. The maximum atomic E-state index is 14.0. The second-order valence-electron chi connectivity index (χ2n) is 12.3. The summed E-state index contributed by atoms with van der Waals surface area (Å²) in [5.41, 5.74) is 3.72. The minimum absolute atomic E-state index is 0.0588. The second kappa shape index (κ2) is 10.9. The van der Waals surface area contributed by atoms with Crippen LogP contribution in [0.25, 0.3) is 22.6 Å². The standard InChI is InChI=1S/C33H31FN8O3/c1-18-38-40-42(39-18)30(19-5-3-2-4-6-19)21-13-23-8-9-24(14-21)41(23)33(44)28-15-20(11-12-35-28)32-37-27-16-22(7-10-29(27)45-32)36-31(43)25-17-26(25)34/h2-7,10-12,15-16,21,23-26,30H,8-9,13-14,17H2,1H3,(H,36,43)/t21?,23?,24?,25?,26-,30-/m0/s1. The van der Waals surface area contributed by atoms with E-state index < -0.39 is 12.1 Å². The lowest BCUT2D eigenvalue weighted by atomic mass is 9.82. The molecule has 1 saturated carbocycles. The Hall–Kier alpha value is -5.00. The van der Waals surface area contributed by atoms with E-state index in [0.717, 1.165) is 31.2 Å². The number of fused-ring (bicyclic) bond motifs is 3. The molecule has 5 aromatic rings. The first kappa shape index (κ1) is 27.5. The fraction of sp³-hybridized carbons (Fsp3) is 0.364. The number of amides is 2. The molecule has 2 aromatic carbocycles. The number of carbonyl (C=O) groups excluding carboxylic acids is 2. The van der Waals surface area contributed by atoms with Crippen LogP contribution in [-0.4, -0.2) is 65.1 Å². The highest BCUT2D eigenvalue weighted by atomic mass is 19.1. The Kier molecular flexibility index (Phi) is 6.65. The van der Waals surface area contributed by atoms with Crippen molar-refractivity contribution in [2.45, 2.75) is 63.3 Å². The number of aromatic nitrogens is 6. The largest absolute Gasteiger partial charge is 0.436 e. The summed E-state index contributed by atoms with van der Waals surface area (Å²) in [6.45, 7) is 1.84. The smallest absolute Gasteiger partial charge is 0.272 e. The minimum Gasteiger partial charge on any atom is -0.436 e. The quantitative estimate of drug-likeness (QED) is 0.269. The average molecular weight is 607 g/mol. The molecule has 228 valence electrons. The van der Waals surface area contributed by atoms with Crippen LogP contribution in [0.15, 0.2) is 71.3 Å². The predicted octanol–water partition coefficient (Wildman–Crippen LogP) is 5.15. The molecule has 3 aromatic heterocycles. The van der Waals surface area contributed by atoms with Crippen molar-refractivity contribution in [3.63, 3.8) is 0 Å². The van der Waals surface area contributed by atoms with Crippen molar-refractivity contribution >= 4 is 28.6 Å². The molecule has 0 spiro atoms. The number of piperidine rings is 1. The summed E-state index contributed by atoms with van der Waals surface area (Å²) < 4.78 is 19.3. The molecule has 12 heteroatoms. The van der Waals surface area contributed by atoms with E-state index in [-0.39, 0.29) is 42.3 Å². The number of hydrogen-bond donors (Lipinski definition) is 1. The highest BCUT2D eigenvalue weighted by Crippen LogP contribution is 2.45. The van der Waals surface area contributed by atoms with Crippen molar-refractivity contribution < 1.29 is 18.4 Å². The molecule has 5 atom stereocenters. The van der Waals surface area contributed by atoms with Crippen LogP contribution in [0.5, 0.6) is 0 Å². The summed E-state index contributed by atoms with van der Waals surface area (Å²) in [7, 11) is 0. The number of oxazole rings is 1. The van der Waals surface area contributed by atoms with Gasteiger partial charge in [-0.3, -0.25) is 14.6 Å². The minimum atomic E-state index is -1.06. The van der Waals surface area contributed by atoms with Gasteiger partial charge >= 0.3 is 0 Å². The highest BCUT2D eigenvalue weighted by molar-refractivity contribution is 5.96. The van der Waals surface area contributed by atoms with E-state index in [1.165, 1.54) is 0 Å². The number of aryl methyl sites for hydroxylation is 1. The van der Waals surface area contributed by atoms with Crippen LogP contribution in [0.3, 0.4) is 0 Å². The number of tetrazole rings is 1. The molecule has 1 N–H and O–H groups in total. The monoisotopic (exact) mass is 606 g/mol. The molecule has 3 aliphatic rings.